The number of amides is 1. The lowest BCUT2D eigenvalue weighted by Crippen LogP contribution is -2.66. The molecule has 0 radical (unpaired) electrons. The molecule has 4 aliphatic carbocycles. The van der Waals surface area contributed by atoms with Gasteiger partial charge in [0, 0.05) is 30.7 Å². The van der Waals surface area contributed by atoms with Crippen molar-refractivity contribution < 1.29 is 29.0 Å². The highest BCUT2D eigenvalue weighted by Gasteiger charge is 2.63. The standard InChI is InChI=1S/C29H44N2O6/c1-15(2)10-17-4-5-19-18-6-7-21-20-13-36-14-29(21,12-23(31-16(3)32)27(20)37-9-8-30)22(18)11-24(33)26(19)25(17)28(34)35/h11,15,17-21,23,25-27H,4-10,12-14,30H2,1-3H3,(H,31,32)(H,34,35)/t17?,18?,19?,20?,21?,23-,25?,26?,27-,29+/m1/s1. The van der Waals surface area contributed by atoms with E-state index < -0.39 is 17.8 Å². The molecule has 3 saturated carbocycles. The van der Waals surface area contributed by atoms with Crippen LogP contribution in [0, 0.1) is 52.8 Å². The first-order valence-corrected chi connectivity index (χ1v) is 14.3. The number of carboxylic acid groups (broad SMARTS) is 1. The van der Waals surface area contributed by atoms with E-state index in [1.54, 1.807) is 0 Å². The first-order chi connectivity index (χ1) is 17.7. The summed E-state index contributed by atoms with van der Waals surface area (Å²) in [7, 11) is 0. The number of hydrogen-bond donors (Lipinski definition) is 3. The highest BCUT2D eigenvalue weighted by Crippen LogP contribution is 2.64. The number of fused-ring (bicyclic) bond motifs is 3. The van der Waals surface area contributed by atoms with Crippen LogP contribution in [0.2, 0.25) is 0 Å². The molecule has 5 aliphatic rings. The predicted molar refractivity (Wildman–Crippen MR) is 137 cm³/mol. The average molecular weight is 517 g/mol. The van der Waals surface area contributed by atoms with Crippen molar-refractivity contribution in [1.29, 1.82) is 0 Å². The van der Waals surface area contributed by atoms with E-state index in [1.807, 2.05) is 6.08 Å². The molecule has 7 unspecified atom stereocenters. The van der Waals surface area contributed by atoms with Gasteiger partial charge in [-0.15, -0.1) is 0 Å². The van der Waals surface area contributed by atoms with Crippen molar-refractivity contribution in [3.8, 4) is 0 Å². The van der Waals surface area contributed by atoms with E-state index in [0.29, 0.717) is 44.6 Å². The van der Waals surface area contributed by atoms with Crippen molar-refractivity contribution in [3.63, 3.8) is 0 Å². The predicted octanol–water partition coefficient (Wildman–Crippen LogP) is 2.80. The van der Waals surface area contributed by atoms with Crippen LogP contribution in [0.1, 0.15) is 59.3 Å². The monoisotopic (exact) mass is 516 g/mol. The van der Waals surface area contributed by atoms with Gasteiger partial charge < -0.3 is 25.6 Å². The summed E-state index contributed by atoms with van der Waals surface area (Å²) in [5, 5.41) is 13.4. The van der Waals surface area contributed by atoms with Crippen LogP contribution < -0.4 is 11.1 Å². The third-order valence-electron chi connectivity index (χ3n) is 10.3. The van der Waals surface area contributed by atoms with Gasteiger partial charge in [-0.05, 0) is 74.2 Å². The lowest BCUT2D eigenvalue weighted by molar-refractivity contribution is -0.189. The number of ether oxygens (including phenoxy) is 2. The fraction of sp³-hybridized carbons (Fsp3) is 0.828. The Morgan fingerprint density at radius 3 is 2.70 bits per heavy atom. The molecule has 8 nitrogen and oxygen atoms in total. The highest BCUT2D eigenvalue weighted by molar-refractivity contribution is 5.97. The third-order valence-corrected chi connectivity index (χ3v) is 10.3. The van der Waals surface area contributed by atoms with Crippen molar-refractivity contribution in [3.05, 3.63) is 11.6 Å². The number of ketones is 1. The Labute approximate surface area is 220 Å². The minimum absolute atomic E-state index is 0.00756. The molecule has 8 heteroatoms. The summed E-state index contributed by atoms with van der Waals surface area (Å²) in [4.78, 5) is 38.5. The first kappa shape index (κ1) is 26.8. The van der Waals surface area contributed by atoms with Gasteiger partial charge in [-0.2, -0.15) is 0 Å². The zero-order valence-corrected chi connectivity index (χ0v) is 22.5. The number of allylic oxidation sites excluding steroid dienone is 1. The van der Waals surface area contributed by atoms with E-state index in [2.05, 4.69) is 19.2 Å². The van der Waals surface area contributed by atoms with Gasteiger partial charge in [0.15, 0.2) is 5.78 Å². The quantitative estimate of drug-likeness (QED) is 0.475. The van der Waals surface area contributed by atoms with Crippen LogP contribution >= 0.6 is 0 Å². The van der Waals surface area contributed by atoms with E-state index in [9.17, 15) is 19.5 Å². The van der Waals surface area contributed by atoms with Crippen LogP contribution in [0.3, 0.4) is 0 Å². The van der Waals surface area contributed by atoms with Crippen LogP contribution in [-0.2, 0) is 23.9 Å². The highest BCUT2D eigenvalue weighted by atomic mass is 16.5. The van der Waals surface area contributed by atoms with Crippen molar-refractivity contribution in [2.24, 2.45) is 58.5 Å². The van der Waals surface area contributed by atoms with Gasteiger partial charge in [0.2, 0.25) is 5.91 Å². The minimum Gasteiger partial charge on any atom is -0.481 e. The number of carbonyl (C=O) groups is 3. The van der Waals surface area contributed by atoms with Gasteiger partial charge in [0.05, 0.1) is 37.9 Å². The maximum absolute atomic E-state index is 13.8. The molecular formula is C29H44N2O6. The van der Waals surface area contributed by atoms with Crippen molar-refractivity contribution in [2.45, 2.75) is 71.4 Å². The molecule has 10 atom stereocenters. The summed E-state index contributed by atoms with van der Waals surface area (Å²) in [6.45, 7) is 7.76. The number of nitrogens with two attached hydrogens (primary N) is 1. The molecule has 206 valence electrons. The summed E-state index contributed by atoms with van der Waals surface area (Å²) in [5.74, 6) is -0.807. The summed E-state index contributed by atoms with van der Waals surface area (Å²) in [6.07, 6.45) is 6.94. The third kappa shape index (κ3) is 4.57. The lowest BCUT2D eigenvalue weighted by atomic mass is 9.44. The number of carbonyl (C=O) groups excluding carboxylic acids is 2. The summed E-state index contributed by atoms with van der Waals surface area (Å²) >= 11 is 0. The van der Waals surface area contributed by atoms with Gasteiger partial charge in [-0.25, -0.2) is 0 Å². The van der Waals surface area contributed by atoms with Crippen molar-refractivity contribution in [1.82, 2.24) is 5.32 Å². The average Bonchev–Trinajstić information content (AvgIpc) is 2.82. The second-order valence-corrected chi connectivity index (χ2v) is 12.8. The molecule has 0 spiro atoms. The van der Waals surface area contributed by atoms with Crippen molar-refractivity contribution in [2.75, 3.05) is 26.4 Å². The molecule has 1 amide bonds. The van der Waals surface area contributed by atoms with Gasteiger partial charge >= 0.3 is 5.97 Å². The molecule has 0 aromatic carbocycles. The summed E-state index contributed by atoms with van der Waals surface area (Å²) in [6, 6.07) is -0.171. The Kier molecular flexibility index (Phi) is 7.55. The number of aliphatic carboxylic acids is 1. The minimum atomic E-state index is -0.818. The lowest BCUT2D eigenvalue weighted by Gasteiger charge is -2.63. The molecule has 2 bridgehead atoms. The Balaban J connectivity index is 1.51. The van der Waals surface area contributed by atoms with Crippen LogP contribution in [0.5, 0.6) is 0 Å². The Morgan fingerprint density at radius 1 is 1.24 bits per heavy atom. The van der Waals surface area contributed by atoms with E-state index in [0.717, 1.165) is 32.1 Å². The molecule has 1 saturated heterocycles. The summed E-state index contributed by atoms with van der Waals surface area (Å²) < 4.78 is 12.5. The largest absolute Gasteiger partial charge is 0.481 e. The maximum Gasteiger partial charge on any atom is 0.307 e. The second kappa shape index (κ2) is 10.4. The fourth-order valence-corrected chi connectivity index (χ4v) is 9.31. The molecule has 1 aliphatic heterocycles. The van der Waals surface area contributed by atoms with Gasteiger partial charge in [-0.3, -0.25) is 14.4 Å². The second-order valence-electron chi connectivity index (χ2n) is 12.8. The first-order valence-electron chi connectivity index (χ1n) is 14.3. The van der Waals surface area contributed by atoms with Crippen LogP contribution in [0.4, 0.5) is 0 Å². The van der Waals surface area contributed by atoms with E-state index >= 15 is 0 Å². The number of hydrogen-bond acceptors (Lipinski definition) is 6. The number of rotatable bonds is 7. The molecular weight excluding hydrogens is 472 g/mol. The SMILES string of the molecule is CC(=O)N[C@@H]1C[C@]23COCC(C2CCC2C3=CC(=O)C3C2CCC(CC(C)C)C3C(=O)O)[C@H]1OCCN. The normalized spacial score (nSPS) is 42.8. The molecule has 0 aromatic heterocycles. The zero-order chi connectivity index (χ0) is 26.5. The van der Waals surface area contributed by atoms with Crippen LogP contribution in [0.15, 0.2) is 11.6 Å². The summed E-state index contributed by atoms with van der Waals surface area (Å²) in [5.41, 5.74) is 6.59. The van der Waals surface area contributed by atoms with E-state index in [-0.39, 0.29) is 52.9 Å². The van der Waals surface area contributed by atoms with Crippen LogP contribution in [-0.4, -0.2) is 61.3 Å². The van der Waals surface area contributed by atoms with E-state index in [1.165, 1.54) is 12.5 Å². The van der Waals surface area contributed by atoms with Crippen LogP contribution in [0.25, 0.3) is 0 Å². The molecule has 1 heterocycles. The molecule has 5 rings (SSSR count). The van der Waals surface area contributed by atoms with Gasteiger partial charge in [0.1, 0.15) is 0 Å². The fourth-order valence-electron chi connectivity index (χ4n) is 9.31. The van der Waals surface area contributed by atoms with Crippen molar-refractivity contribution >= 4 is 17.7 Å². The number of carboxylic acids is 1. The zero-order valence-electron chi connectivity index (χ0n) is 22.5. The Bertz CT molecular complexity index is 949. The topological polar surface area (TPSA) is 128 Å². The molecule has 4 N–H and O–H groups in total. The molecule has 0 aromatic rings. The maximum atomic E-state index is 13.8. The molecule has 4 fully saturated rings. The molecule has 37 heavy (non-hydrogen) atoms. The number of nitrogens with one attached hydrogen (secondary N) is 1. The van der Waals surface area contributed by atoms with Gasteiger partial charge in [0.25, 0.3) is 0 Å². The van der Waals surface area contributed by atoms with Gasteiger partial charge in [-0.1, -0.05) is 19.4 Å². The smallest absolute Gasteiger partial charge is 0.307 e. The Hall–Kier alpha value is -1.77. The Morgan fingerprint density at radius 2 is 2.03 bits per heavy atom. The van der Waals surface area contributed by atoms with E-state index in [4.69, 9.17) is 15.2 Å².